The van der Waals surface area contributed by atoms with Crippen molar-refractivity contribution in [2.24, 2.45) is 4.99 Å². The third-order valence-electron chi connectivity index (χ3n) is 6.16. The number of rotatable bonds is 7. The lowest BCUT2D eigenvalue weighted by atomic mass is 9.96. The minimum Gasteiger partial charge on any atom is -0.356 e. The minimum absolute atomic E-state index is 0.250. The Morgan fingerprint density at radius 1 is 1.19 bits per heavy atom. The van der Waals surface area contributed by atoms with Crippen molar-refractivity contribution in [1.29, 1.82) is 0 Å². The van der Waals surface area contributed by atoms with Crippen molar-refractivity contribution < 1.29 is 0 Å². The summed E-state index contributed by atoms with van der Waals surface area (Å²) in [5.41, 5.74) is 1.66. The number of nitrogens with one attached hydrogen (secondary N) is 2. The second kappa shape index (κ2) is 9.39. The van der Waals surface area contributed by atoms with Crippen LogP contribution in [0.1, 0.15) is 32.3 Å². The van der Waals surface area contributed by atoms with Crippen molar-refractivity contribution in [3.8, 4) is 0 Å². The van der Waals surface area contributed by atoms with E-state index >= 15 is 0 Å². The van der Waals surface area contributed by atoms with Crippen LogP contribution in [-0.2, 0) is 5.41 Å². The second-order valence-electron chi connectivity index (χ2n) is 7.89. The van der Waals surface area contributed by atoms with E-state index in [0.29, 0.717) is 6.04 Å². The van der Waals surface area contributed by atoms with E-state index in [1.807, 2.05) is 7.05 Å². The smallest absolute Gasteiger partial charge is 0.191 e. The number of guanidine groups is 1. The van der Waals surface area contributed by atoms with E-state index in [1.165, 1.54) is 36.0 Å². The number of benzene rings is 1. The Labute approximate surface area is 172 Å². The molecule has 150 valence electrons. The molecule has 1 unspecified atom stereocenters. The van der Waals surface area contributed by atoms with Gasteiger partial charge in [0.2, 0.25) is 0 Å². The molecule has 1 atom stereocenters. The van der Waals surface area contributed by atoms with Crippen LogP contribution in [0.25, 0.3) is 0 Å². The van der Waals surface area contributed by atoms with Gasteiger partial charge in [-0.1, -0.05) is 41.1 Å². The average Bonchev–Trinajstić information content (AvgIpc) is 3.49. The monoisotopic (exact) mass is 435 g/mol. The van der Waals surface area contributed by atoms with Gasteiger partial charge in [0.15, 0.2) is 5.96 Å². The molecule has 1 saturated carbocycles. The molecule has 5 nitrogen and oxygen atoms in total. The Bertz CT molecular complexity index is 635. The van der Waals surface area contributed by atoms with Gasteiger partial charge in [-0.3, -0.25) is 9.89 Å². The van der Waals surface area contributed by atoms with Crippen molar-refractivity contribution in [2.45, 2.75) is 38.1 Å². The van der Waals surface area contributed by atoms with Crippen molar-refractivity contribution in [1.82, 2.24) is 20.4 Å². The number of likely N-dealkylation sites (N-methyl/N-ethyl adjacent to an activating group) is 1. The standard InChI is InChI=1S/C21H34BrN5/c1-4-26-11-13-27(14-12-26)17(2)15-24-20(23-3)25-16-21(9-10-21)18-7-5-6-8-19(18)22/h5-8,17H,4,9-16H2,1-3H3,(H2,23,24,25). The van der Waals surface area contributed by atoms with Crippen LogP contribution in [0, 0.1) is 0 Å². The topological polar surface area (TPSA) is 42.9 Å². The maximum Gasteiger partial charge on any atom is 0.191 e. The van der Waals surface area contributed by atoms with E-state index in [0.717, 1.165) is 38.7 Å². The van der Waals surface area contributed by atoms with E-state index in [-0.39, 0.29) is 5.41 Å². The van der Waals surface area contributed by atoms with Gasteiger partial charge < -0.3 is 15.5 Å². The molecule has 6 heteroatoms. The Balaban J connectivity index is 1.46. The van der Waals surface area contributed by atoms with Crippen molar-refractivity contribution >= 4 is 21.9 Å². The molecule has 1 aromatic rings. The van der Waals surface area contributed by atoms with Crippen LogP contribution in [0.4, 0.5) is 0 Å². The zero-order valence-corrected chi connectivity index (χ0v) is 18.6. The molecule has 0 radical (unpaired) electrons. The average molecular weight is 436 g/mol. The van der Waals surface area contributed by atoms with Gasteiger partial charge in [0, 0.05) is 62.2 Å². The van der Waals surface area contributed by atoms with Crippen molar-refractivity contribution in [3.63, 3.8) is 0 Å². The first-order valence-corrected chi connectivity index (χ1v) is 11.0. The van der Waals surface area contributed by atoms with Crippen LogP contribution >= 0.6 is 15.9 Å². The molecule has 0 bridgehead atoms. The molecular weight excluding hydrogens is 402 g/mol. The Kier molecular flexibility index (Phi) is 7.17. The highest BCUT2D eigenvalue weighted by atomic mass is 79.9. The number of hydrogen-bond acceptors (Lipinski definition) is 3. The number of aliphatic imine (C=N–C) groups is 1. The van der Waals surface area contributed by atoms with Crippen LogP contribution < -0.4 is 10.6 Å². The molecule has 2 fully saturated rings. The zero-order chi connectivity index (χ0) is 19.3. The van der Waals surface area contributed by atoms with Crippen LogP contribution in [0.3, 0.4) is 0 Å². The van der Waals surface area contributed by atoms with Gasteiger partial charge in [-0.2, -0.15) is 0 Å². The highest BCUT2D eigenvalue weighted by Crippen LogP contribution is 2.49. The summed E-state index contributed by atoms with van der Waals surface area (Å²) in [7, 11) is 1.86. The molecular formula is C21H34BrN5. The molecule has 1 aromatic carbocycles. The van der Waals surface area contributed by atoms with Gasteiger partial charge in [0.25, 0.3) is 0 Å². The predicted octanol–water partition coefficient (Wildman–Crippen LogP) is 2.67. The fourth-order valence-corrected chi connectivity index (χ4v) is 4.66. The van der Waals surface area contributed by atoms with Gasteiger partial charge in [0.1, 0.15) is 0 Å². The molecule has 1 aliphatic heterocycles. The highest BCUT2D eigenvalue weighted by molar-refractivity contribution is 9.10. The third kappa shape index (κ3) is 5.24. The van der Waals surface area contributed by atoms with Gasteiger partial charge in [-0.15, -0.1) is 0 Å². The summed E-state index contributed by atoms with van der Waals surface area (Å²) >= 11 is 3.72. The first-order valence-electron chi connectivity index (χ1n) is 10.2. The Morgan fingerprint density at radius 2 is 1.89 bits per heavy atom. The number of piperazine rings is 1. The van der Waals surface area contributed by atoms with Crippen molar-refractivity contribution in [3.05, 3.63) is 34.3 Å². The zero-order valence-electron chi connectivity index (χ0n) is 17.0. The van der Waals surface area contributed by atoms with E-state index in [1.54, 1.807) is 0 Å². The predicted molar refractivity (Wildman–Crippen MR) is 118 cm³/mol. The summed E-state index contributed by atoms with van der Waals surface area (Å²) in [6.07, 6.45) is 2.47. The molecule has 1 heterocycles. The third-order valence-corrected chi connectivity index (χ3v) is 6.85. The quantitative estimate of drug-likeness (QED) is 0.510. The lowest BCUT2D eigenvalue weighted by Gasteiger charge is -2.37. The summed E-state index contributed by atoms with van der Waals surface area (Å²) in [4.78, 5) is 9.53. The summed E-state index contributed by atoms with van der Waals surface area (Å²) in [6.45, 7) is 12.3. The number of halogens is 1. The fraction of sp³-hybridized carbons (Fsp3) is 0.667. The van der Waals surface area contributed by atoms with Crippen LogP contribution in [0.5, 0.6) is 0 Å². The van der Waals surface area contributed by atoms with E-state index in [4.69, 9.17) is 0 Å². The first kappa shape index (κ1) is 20.6. The summed E-state index contributed by atoms with van der Waals surface area (Å²) in [5.74, 6) is 0.910. The molecule has 2 aliphatic rings. The van der Waals surface area contributed by atoms with Gasteiger partial charge in [-0.25, -0.2) is 0 Å². The molecule has 2 N–H and O–H groups in total. The normalized spacial score (nSPS) is 21.7. The maximum absolute atomic E-state index is 4.43. The summed E-state index contributed by atoms with van der Waals surface area (Å²) < 4.78 is 1.21. The molecule has 27 heavy (non-hydrogen) atoms. The van der Waals surface area contributed by atoms with Gasteiger partial charge in [0.05, 0.1) is 0 Å². The highest BCUT2D eigenvalue weighted by Gasteiger charge is 2.45. The van der Waals surface area contributed by atoms with E-state index in [9.17, 15) is 0 Å². The second-order valence-corrected chi connectivity index (χ2v) is 8.74. The minimum atomic E-state index is 0.250. The lowest BCUT2D eigenvalue weighted by molar-refractivity contribution is 0.107. The molecule has 3 rings (SSSR count). The molecule has 1 aliphatic carbocycles. The lowest BCUT2D eigenvalue weighted by Crippen LogP contribution is -2.53. The Morgan fingerprint density at radius 3 is 2.48 bits per heavy atom. The van der Waals surface area contributed by atoms with Gasteiger partial charge >= 0.3 is 0 Å². The molecule has 0 spiro atoms. The van der Waals surface area contributed by atoms with Crippen LogP contribution in [0.15, 0.2) is 33.7 Å². The molecule has 1 saturated heterocycles. The number of nitrogens with zero attached hydrogens (tertiary/aromatic N) is 3. The maximum atomic E-state index is 4.43. The van der Waals surface area contributed by atoms with Crippen LogP contribution in [0.2, 0.25) is 0 Å². The van der Waals surface area contributed by atoms with E-state index in [2.05, 4.69) is 79.5 Å². The van der Waals surface area contributed by atoms with Crippen LogP contribution in [-0.4, -0.2) is 74.7 Å². The molecule has 0 aromatic heterocycles. The summed E-state index contributed by atoms with van der Waals surface area (Å²) in [6, 6.07) is 9.11. The van der Waals surface area contributed by atoms with Crippen molar-refractivity contribution in [2.75, 3.05) is 52.9 Å². The van der Waals surface area contributed by atoms with Gasteiger partial charge in [-0.05, 0) is 37.9 Å². The fourth-order valence-electron chi connectivity index (χ4n) is 3.95. The Hall–Kier alpha value is -1.11. The largest absolute Gasteiger partial charge is 0.356 e. The SMILES string of the molecule is CCN1CCN(C(C)CNC(=NC)NCC2(c3ccccc3Br)CC2)CC1. The summed E-state index contributed by atoms with van der Waals surface area (Å²) in [5, 5.41) is 7.09. The first-order chi connectivity index (χ1) is 13.1. The number of hydrogen-bond donors (Lipinski definition) is 2. The van der Waals surface area contributed by atoms with E-state index < -0.39 is 0 Å². The molecule has 0 amide bonds.